The summed E-state index contributed by atoms with van der Waals surface area (Å²) in [6, 6.07) is 13.3. The van der Waals surface area contributed by atoms with E-state index in [1.54, 1.807) is 17.0 Å². The van der Waals surface area contributed by atoms with Crippen molar-refractivity contribution in [3.63, 3.8) is 0 Å². The predicted molar refractivity (Wildman–Crippen MR) is 94.4 cm³/mol. The van der Waals surface area contributed by atoms with E-state index in [9.17, 15) is 14.3 Å². The standard InChI is InChI=1S/C19H20FN3O2/c1-22-10-16-18(14-7-2-3-8-15(14)22)17(11-24)23(16)19(25)21-13-6-4-5-12(20)9-13/h2-9,16-18,24H,10-11H2,1H3,(H,21,25)/t16-,17+,18+/m0/s1. The van der Waals surface area contributed by atoms with E-state index in [-0.39, 0.29) is 30.6 Å². The maximum Gasteiger partial charge on any atom is 0.322 e. The van der Waals surface area contributed by atoms with Crippen molar-refractivity contribution in [2.45, 2.75) is 18.0 Å². The number of nitrogens with one attached hydrogen (secondary N) is 1. The number of anilines is 2. The number of nitrogens with zero attached hydrogens (tertiary/aromatic N) is 2. The van der Waals surface area contributed by atoms with Gasteiger partial charge >= 0.3 is 6.03 Å². The second-order valence-electron chi connectivity index (χ2n) is 6.63. The van der Waals surface area contributed by atoms with Gasteiger partial charge in [0, 0.05) is 30.9 Å². The van der Waals surface area contributed by atoms with Crippen LogP contribution in [0.5, 0.6) is 0 Å². The predicted octanol–water partition coefficient (Wildman–Crippen LogP) is 2.64. The molecule has 0 unspecified atom stereocenters. The molecule has 6 heteroatoms. The van der Waals surface area contributed by atoms with E-state index < -0.39 is 5.82 Å². The van der Waals surface area contributed by atoms with E-state index in [0.29, 0.717) is 12.2 Å². The summed E-state index contributed by atoms with van der Waals surface area (Å²) >= 11 is 0. The number of halogens is 1. The molecule has 0 aromatic heterocycles. The summed E-state index contributed by atoms with van der Waals surface area (Å²) in [6.45, 7) is 0.602. The number of hydrogen-bond acceptors (Lipinski definition) is 3. The molecule has 2 aliphatic rings. The molecule has 5 nitrogen and oxygen atoms in total. The Morgan fingerprint density at radius 3 is 2.84 bits per heavy atom. The SMILES string of the molecule is CN1C[C@H]2[C@@H](c3ccccc31)[C@@H](CO)N2C(=O)Nc1cccc(F)c1. The van der Waals surface area contributed by atoms with Crippen molar-refractivity contribution in [2.75, 3.05) is 30.4 Å². The van der Waals surface area contributed by atoms with Crippen LogP contribution in [0.4, 0.5) is 20.6 Å². The number of benzene rings is 2. The monoisotopic (exact) mass is 341 g/mol. The van der Waals surface area contributed by atoms with Crippen molar-refractivity contribution in [1.29, 1.82) is 0 Å². The molecule has 0 saturated carbocycles. The number of hydrogen-bond donors (Lipinski definition) is 2. The molecule has 0 aliphatic carbocycles. The lowest BCUT2D eigenvalue weighted by Gasteiger charge is -2.58. The summed E-state index contributed by atoms with van der Waals surface area (Å²) in [5.41, 5.74) is 2.72. The van der Waals surface area contributed by atoms with Crippen LogP contribution in [0.25, 0.3) is 0 Å². The van der Waals surface area contributed by atoms with Crippen LogP contribution in [0.1, 0.15) is 11.5 Å². The van der Waals surface area contributed by atoms with E-state index >= 15 is 0 Å². The average molecular weight is 341 g/mol. The number of rotatable bonds is 2. The lowest BCUT2D eigenvalue weighted by molar-refractivity contribution is -0.00227. The summed E-state index contributed by atoms with van der Waals surface area (Å²) < 4.78 is 13.3. The van der Waals surface area contributed by atoms with Gasteiger partial charge in [0.1, 0.15) is 5.82 Å². The van der Waals surface area contributed by atoms with Crippen LogP contribution < -0.4 is 10.2 Å². The molecule has 0 bridgehead atoms. The molecular formula is C19H20FN3O2. The topological polar surface area (TPSA) is 55.8 Å². The highest BCUT2D eigenvalue weighted by Crippen LogP contribution is 2.47. The first kappa shape index (κ1) is 15.9. The van der Waals surface area contributed by atoms with Crippen molar-refractivity contribution >= 4 is 17.4 Å². The molecule has 0 spiro atoms. The molecule has 130 valence electrons. The number of aliphatic hydroxyl groups excluding tert-OH is 1. The molecule has 25 heavy (non-hydrogen) atoms. The number of amides is 2. The van der Waals surface area contributed by atoms with Gasteiger partial charge in [-0.2, -0.15) is 0 Å². The molecule has 2 aliphatic heterocycles. The normalized spacial score (nSPS) is 24.2. The highest BCUT2D eigenvalue weighted by atomic mass is 19.1. The van der Waals surface area contributed by atoms with Crippen molar-refractivity contribution in [3.05, 3.63) is 59.9 Å². The third-order valence-electron chi connectivity index (χ3n) is 5.21. The molecule has 2 aromatic rings. The molecule has 1 saturated heterocycles. The van der Waals surface area contributed by atoms with Gasteiger partial charge in [0.25, 0.3) is 0 Å². The molecule has 4 rings (SSSR count). The summed E-state index contributed by atoms with van der Waals surface area (Å²) in [4.78, 5) is 16.5. The average Bonchev–Trinajstić information content (AvgIpc) is 2.57. The van der Waals surface area contributed by atoms with Crippen LogP contribution in [0.2, 0.25) is 0 Å². The fourth-order valence-electron chi connectivity index (χ4n) is 4.12. The van der Waals surface area contributed by atoms with Crippen LogP contribution >= 0.6 is 0 Å². The second kappa shape index (κ2) is 6.04. The number of aliphatic hydroxyl groups is 1. The Balaban J connectivity index is 1.59. The summed E-state index contributed by atoms with van der Waals surface area (Å²) in [5, 5.41) is 12.6. The highest BCUT2D eigenvalue weighted by molar-refractivity contribution is 5.91. The molecule has 2 heterocycles. The highest BCUT2D eigenvalue weighted by Gasteiger charge is 2.54. The number of para-hydroxylation sites is 1. The van der Waals surface area contributed by atoms with Crippen molar-refractivity contribution in [1.82, 2.24) is 4.90 Å². The zero-order valence-corrected chi connectivity index (χ0v) is 13.9. The number of carbonyl (C=O) groups excluding carboxylic acids is 1. The van der Waals surface area contributed by atoms with E-state index in [1.807, 2.05) is 19.2 Å². The molecule has 2 N–H and O–H groups in total. The van der Waals surface area contributed by atoms with Crippen LogP contribution in [0.15, 0.2) is 48.5 Å². The summed E-state index contributed by atoms with van der Waals surface area (Å²) in [7, 11) is 2.00. The van der Waals surface area contributed by atoms with Crippen LogP contribution in [0.3, 0.4) is 0 Å². The fourth-order valence-corrected chi connectivity index (χ4v) is 4.12. The minimum absolute atomic E-state index is 0.00870. The summed E-state index contributed by atoms with van der Waals surface area (Å²) in [5.74, 6) is -0.278. The van der Waals surface area contributed by atoms with Gasteiger partial charge in [-0.25, -0.2) is 9.18 Å². The zero-order chi connectivity index (χ0) is 17.6. The van der Waals surface area contributed by atoms with Crippen LogP contribution in [0, 0.1) is 5.82 Å². The fraction of sp³-hybridized carbons (Fsp3) is 0.316. The Labute approximate surface area is 145 Å². The molecule has 2 aromatic carbocycles. The molecule has 1 fully saturated rings. The van der Waals surface area contributed by atoms with Crippen LogP contribution in [-0.2, 0) is 0 Å². The summed E-state index contributed by atoms with van der Waals surface area (Å²) in [6.07, 6.45) is 0. The number of fused-ring (bicyclic) bond motifs is 3. The lowest BCUT2D eigenvalue weighted by Crippen LogP contribution is -2.70. The van der Waals surface area contributed by atoms with Crippen LogP contribution in [-0.4, -0.2) is 48.3 Å². The smallest absolute Gasteiger partial charge is 0.322 e. The van der Waals surface area contributed by atoms with Gasteiger partial charge in [0.2, 0.25) is 0 Å². The second-order valence-corrected chi connectivity index (χ2v) is 6.63. The van der Waals surface area contributed by atoms with E-state index in [0.717, 1.165) is 11.3 Å². The van der Waals surface area contributed by atoms with Gasteiger partial charge in [0.05, 0.1) is 18.7 Å². The van der Waals surface area contributed by atoms with E-state index in [2.05, 4.69) is 22.3 Å². The maximum atomic E-state index is 13.3. The van der Waals surface area contributed by atoms with Crippen molar-refractivity contribution in [3.8, 4) is 0 Å². The number of likely N-dealkylation sites (N-methyl/N-ethyl adjacent to an activating group) is 1. The third-order valence-corrected chi connectivity index (χ3v) is 5.21. The lowest BCUT2D eigenvalue weighted by atomic mass is 9.72. The van der Waals surface area contributed by atoms with Crippen molar-refractivity contribution in [2.24, 2.45) is 0 Å². The number of carbonyl (C=O) groups is 1. The minimum atomic E-state index is -0.399. The maximum absolute atomic E-state index is 13.3. The Hall–Kier alpha value is -2.60. The quantitative estimate of drug-likeness (QED) is 0.883. The first-order valence-corrected chi connectivity index (χ1v) is 8.36. The molecular weight excluding hydrogens is 321 g/mol. The minimum Gasteiger partial charge on any atom is -0.394 e. The molecule has 3 atom stereocenters. The van der Waals surface area contributed by atoms with E-state index in [4.69, 9.17) is 0 Å². The zero-order valence-electron chi connectivity index (χ0n) is 13.9. The first-order valence-electron chi connectivity index (χ1n) is 8.36. The Morgan fingerprint density at radius 1 is 1.28 bits per heavy atom. The third kappa shape index (κ3) is 2.53. The van der Waals surface area contributed by atoms with Gasteiger partial charge in [-0.3, -0.25) is 0 Å². The molecule has 0 radical (unpaired) electrons. The first-order chi connectivity index (χ1) is 12.1. The van der Waals surface area contributed by atoms with Gasteiger partial charge in [-0.1, -0.05) is 24.3 Å². The number of likely N-dealkylation sites (tertiary alicyclic amines) is 1. The van der Waals surface area contributed by atoms with Crippen molar-refractivity contribution < 1.29 is 14.3 Å². The van der Waals surface area contributed by atoms with E-state index in [1.165, 1.54) is 12.1 Å². The van der Waals surface area contributed by atoms with Gasteiger partial charge in [-0.05, 0) is 29.8 Å². The Bertz CT molecular complexity index is 813. The number of urea groups is 1. The molecule has 2 amide bonds. The van der Waals surface area contributed by atoms with Gasteiger partial charge in [-0.15, -0.1) is 0 Å². The largest absolute Gasteiger partial charge is 0.394 e. The van der Waals surface area contributed by atoms with Gasteiger partial charge < -0.3 is 20.2 Å². The van der Waals surface area contributed by atoms with Gasteiger partial charge in [0.15, 0.2) is 0 Å². The Morgan fingerprint density at radius 2 is 2.08 bits per heavy atom. The Kier molecular flexibility index (Phi) is 3.84.